The molecule has 4 rings (SSSR count). The average molecular weight is 430 g/mol. The van der Waals surface area contributed by atoms with Gasteiger partial charge in [0.15, 0.2) is 0 Å². The van der Waals surface area contributed by atoms with Crippen molar-refractivity contribution in [3.8, 4) is 11.3 Å². The summed E-state index contributed by atoms with van der Waals surface area (Å²) >= 11 is 0. The predicted octanol–water partition coefficient (Wildman–Crippen LogP) is 2.82. The number of nitrogens with zero attached hydrogens (tertiary/aromatic N) is 5. The number of nitrogen functional groups attached to an aromatic ring is 1. The Hall–Kier alpha value is -2.76. The number of aromatic nitrogens is 3. The van der Waals surface area contributed by atoms with E-state index in [0.29, 0.717) is 19.8 Å². The molecule has 2 N–H and O–H groups in total. The van der Waals surface area contributed by atoms with Crippen molar-refractivity contribution in [3.05, 3.63) is 23.9 Å². The van der Waals surface area contributed by atoms with E-state index in [1.54, 1.807) is 4.90 Å². The summed E-state index contributed by atoms with van der Waals surface area (Å²) in [4.78, 5) is 15.5. The van der Waals surface area contributed by atoms with Gasteiger partial charge >= 0.3 is 6.18 Å². The monoisotopic (exact) mass is 430 g/mol. The Morgan fingerprint density at radius 3 is 2.57 bits per heavy atom. The van der Waals surface area contributed by atoms with Crippen molar-refractivity contribution in [2.75, 3.05) is 48.4 Å². The van der Waals surface area contributed by atoms with Crippen LogP contribution in [0.25, 0.3) is 11.3 Å². The van der Waals surface area contributed by atoms with Crippen LogP contribution in [-0.4, -0.2) is 59.8 Å². The van der Waals surface area contributed by atoms with Crippen LogP contribution in [0.1, 0.15) is 12.5 Å². The molecule has 0 bridgehead atoms. The first-order chi connectivity index (χ1) is 14.0. The molecule has 2 aliphatic rings. The molecule has 0 aromatic carbocycles. The fourth-order valence-electron chi connectivity index (χ4n) is 3.46. The van der Waals surface area contributed by atoms with Crippen molar-refractivity contribution >= 4 is 17.6 Å². The predicted molar refractivity (Wildman–Crippen MR) is 99.5 cm³/mol. The first-order valence-corrected chi connectivity index (χ1v) is 9.23. The standard InChI is InChI=1S/C18H19F5N6O/c1-10-7-30-3-2-29(10)16-26-13(5-15(27-16)28-8-17(19,20)9-28)11-6-25-14(24)4-12(11)18(21,22)23/h4-6,10H,2-3,7-9H2,1H3,(H2,24,25)/t10-/m1/s1. The third-order valence-electron chi connectivity index (χ3n) is 5.00. The fourth-order valence-corrected chi connectivity index (χ4v) is 3.46. The molecular formula is C18H19F5N6O. The van der Waals surface area contributed by atoms with Gasteiger partial charge in [0.25, 0.3) is 5.92 Å². The van der Waals surface area contributed by atoms with Crippen LogP contribution in [0.4, 0.5) is 39.5 Å². The van der Waals surface area contributed by atoms with Gasteiger partial charge in [-0.25, -0.2) is 18.7 Å². The van der Waals surface area contributed by atoms with E-state index in [9.17, 15) is 22.0 Å². The molecule has 0 spiro atoms. The highest BCUT2D eigenvalue weighted by Crippen LogP contribution is 2.39. The topological polar surface area (TPSA) is 80.4 Å². The number of rotatable bonds is 3. The van der Waals surface area contributed by atoms with Gasteiger partial charge in [0, 0.05) is 24.4 Å². The summed E-state index contributed by atoms with van der Waals surface area (Å²) in [6.45, 7) is 1.94. The van der Waals surface area contributed by atoms with Crippen molar-refractivity contribution in [1.29, 1.82) is 0 Å². The minimum Gasteiger partial charge on any atom is -0.384 e. The van der Waals surface area contributed by atoms with Crippen molar-refractivity contribution in [3.63, 3.8) is 0 Å². The molecule has 2 aromatic rings. The second-order valence-electron chi connectivity index (χ2n) is 7.39. The van der Waals surface area contributed by atoms with E-state index in [4.69, 9.17) is 10.5 Å². The summed E-state index contributed by atoms with van der Waals surface area (Å²) in [6, 6.07) is 1.87. The van der Waals surface area contributed by atoms with Gasteiger partial charge in [-0.05, 0) is 13.0 Å². The Kier molecular flexibility index (Phi) is 4.91. The Morgan fingerprint density at radius 2 is 1.93 bits per heavy atom. The first-order valence-electron chi connectivity index (χ1n) is 9.23. The van der Waals surface area contributed by atoms with Crippen LogP contribution in [-0.2, 0) is 10.9 Å². The number of pyridine rings is 1. The van der Waals surface area contributed by atoms with Gasteiger partial charge < -0.3 is 20.3 Å². The van der Waals surface area contributed by atoms with E-state index in [-0.39, 0.29) is 34.9 Å². The van der Waals surface area contributed by atoms with E-state index in [1.165, 1.54) is 11.0 Å². The van der Waals surface area contributed by atoms with E-state index in [0.717, 1.165) is 12.3 Å². The normalized spacial score (nSPS) is 21.5. The van der Waals surface area contributed by atoms with Crippen LogP contribution in [0.2, 0.25) is 0 Å². The molecule has 0 aliphatic carbocycles. The van der Waals surface area contributed by atoms with E-state index in [2.05, 4.69) is 15.0 Å². The Bertz CT molecular complexity index is 945. The molecule has 12 heteroatoms. The summed E-state index contributed by atoms with van der Waals surface area (Å²) in [7, 11) is 0. The maximum Gasteiger partial charge on any atom is 0.417 e. The van der Waals surface area contributed by atoms with Gasteiger partial charge in [-0.1, -0.05) is 0 Å². The molecule has 2 fully saturated rings. The summed E-state index contributed by atoms with van der Waals surface area (Å²) in [5.74, 6) is -2.87. The van der Waals surface area contributed by atoms with E-state index in [1.807, 2.05) is 6.92 Å². The van der Waals surface area contributed by atoms with Gasteiger partial charge in [0.2, 0.25) is 5.95 Å². The number of alkyl halides is 5. The lowest BCUT2D eigenvalue weighted by molar-refractivity contribution is -0.137. The molecule has 2 aromatic heterocycles. The Morgan fingerprint density at radius 1 is 1.20 bits per heavy atom. The quantitative estimate of drug-likeness (QED) is 0.750. The molecule has 30 heavy (non-hydrogen) atoms. The zero-order valence-corrected chi connectivity index (χ0v) is 16.0. The SMILES string of the molecule is C[C@@H]1COCCN1c1nc(-c2cnc(N)cc2C(F)(F)F)cc(N2CC(F)(F)C2)n1. The molecule has 1 atom stereocenters. The summed E-state index contributed by atoms with van der Waals surface area (Å²) in [6.07, 6.45) is -3.71. The third kappa shape index (κ3) is 3.95. The second kappa shape index (κ2) is 7.18. The van der Waals surface area contributed by atoms with Gasteiger partial charge in [-0.3, -0.25) is 0 Å². The van der Waals surface area contributed by atoms with Crippen LogP contribution in [0.15, 0.2) is 18.3 Å². The van der Waals surface area contributed by atoms with Gasteiger partial charge in [0.05, 0.1) is 43.6 Å². The highest BCUT2D eigenvalue weighted by molar-refractivity contribution is 5.70. The van der Waals surface area contributed by atoms with Crippen molar-refractivity contribution in [2.24, 2.45) is 0 Å². The smallest absolute Gasteiger partial charge is 0.384 e. The van der Waals surface area contributed by atoms with Crippen LogP contribution < -0.4 is 15.5 Å². The maximum absolute atomic E-state index is 13.6. The summed E-state index contributed by atoms with van der Waals surface area (Å²) < 4.78 is 73.0. The van der Waals surface area contributed by atoms with Crippen molar-refractivity contribution < 1.29 is 26.7 Å². The second-order valence-corrected chi connectivity index (χ2v) is 7.39. The highest BCUT2D eigenvalue weighted by Gasteiger charge is 2.45. The lowest BCUT2D eigenvalue weighted by Gasteiger charge is -2.40. The highest BCUT2D eigenvalue weighted by atomic mass is 19.4. The number of ether oxygens (including phenoxy) is 1. The molecular weight excluding hydrogens is 411 g/mol. The average Bonchev–Trinajstić information content (AvgIpc) is 2.65. The maximum atomic E-state index is 13.6. The largest absolute Gasteiger partial charge is 0.417 e. The lowest BCUT2D eigenvalue weighted by atomic mass is 10.1. The van der Waals surface area contributed by atoms with E-state index < -0.39 is 30.8 Å². The Balaban J connectivity index is 1.83. The number of nitrogens with two attached hydrogens (primary N) is 1. The fraction of sp³-hybridized carbons (Fsp3) is 0.500. The molecule has 0 radical (unpaired) electrons. The van der Waals surface area contributed by atoms with Crippen LogP contribution in [0.5, 0.6) is 0 Å². The van der Waals surface area contributed by atoms with Gasteiger partial charge in [0.1, 0.15) is 11.6 Å². The molecule has 2 saturated heterocycles. The summed E-state index contributed by atoms with van der Waals surface area (Å²) in [5, 5.41) is 0. The van der Waals surface area contributed by atoms with Crippen molar-refractivity contribution in [2.45, 2.75) is 25.1 Å². The Labute approximate surface area is 168 Å². The number of halogens is 5. The number of morpholine rings is 1. The molecule has 0 saturated carbocycles. The summed E-state index contributed by atoms with van der Waals surface area (Å²) in [5.41, 5.74) is 4.08. The number of hydrogen-bond donors (Lipinski definition) is 1. The minimum absolute atomic E-state index is 0.0660. The zero-order chi connectivity index (χ0) is 21.7. The number of hydrogen-bond acceptors (Lipinski definition) is 7. The van der Waals surface area contributed by atoms with Crippen molar-refractivity contribution in [1.82, 2.24) is 15.0 Å². The molecule has 2 aliphatic heterocycles. The number of anilines is 3. The van der Waals surface area contributed by atoms with Gasteiger partial charge in [-0.2, -0.15) is 18.2 Å². The minimum atomic E-state index is -4.70. The molecule has 0 unspecified atom stereocenters. The molecule has 7 nitrogen and oxygen atoms in total. The van der Waals surface area contributed by atoms with E-state index >= 15 is 0 Å². The molecule has 4 heterocycles. The molecule has 0 amide bonds. The van der Waals surface area contributed by atoms with Crippen LogP contribution in [0.3, 0.4) is 0 Å². The third-order valence-corrected chi connectivity index (χ3v) is 5.00. The lowest BCUT2D eigenvalue weighted by Crippen LogP contribution is -2.56. The molecule has 162 valence electrons. The first kappa shape index (κ1) is 20.5. The van der Waals surface area contributed by atoms with Crippen LogP contribution >= 0.6 is 0 Å². The van der Waals surface area contributed by atoms with Gasteiger partial charge in [-0.15, -0.1) is 0 Å². The van der Waals surface area contributed by atoms with Crippen LogP contribution in [0, 0.1) is 0 Å². The zero-order valence-electron chi connectivity index (χ0n) is 16.0.